The number of carbonyl (C=O) groups is 3. The summed E-state index contributed by atoms with van der Waals surface area (Å²) in [5, 5.41) is 13.5. The van der Waals surface area contributed by atoms with Crippen LogP contribution in [0.4, 0.5) is 14.9 Å². The molecule has 4 rings (SSSR count). The lowest BCUT2D eigenvalue weighted by Crippen LogP contribution is -2.75. The molecule has 3 aliphatic rings. The van der Waals surface area contributed by atoms with Crippen LogP contribution in [0.1, 0.15) is 25.0 Å². The number of hydrogen-bond donors (Lipinski definition) is 2. The van der Waals surface area contributed by atoms with Crippen LogP contribution in [0.2, 0.25) is 0 Å². The average Bonchev–Trinajstić information content (AvgIpc) is 2.59. The molecule has 4 amide bonds. The Morgan fingerprint density at radius 3 is 2.56 bits per heavy atom. The minimum Gasteiger partial charge on any atom is -0.372 e. The van der Waals surface area contributed by atoms with Crippen LogP contribution in [-0.4, -0.2) is 42.6 Å². The van der Waals surface area contributed by atoms with Crippen molar-refractivity contribution >= 4 is 23.5 Å². The van der Waals surface area contributed by atoms with Gasteiger partial charge in [-0.05, 0) is 38.0 Å². The van der Waals surface area contributed by atoms with Gasteiger partial charge in [0.25, 0.3) is 0 Å². The maximum atomic E-state index is 14.3. The van der Waals surface area contributed by atoms with Crippen molar-refractivity contribution in [3.8, 4) is 6.07 Å². The number of ether oxygens (including phenoxy) is 1. The van der Waals surface area contributed by atoms with Crippen LogP contribution >= 0.6 is 0 Å². The van der Waals surface area contributed by atoms with E-state index in [1.54, 1.807) is 17.9 Å². The van der Waals surface area contributed by atoms with Crippen LogP contribution in [0.5, 0.6) is 0 Å². The molecule has 2 fully saturated rings. The van der Waals surface area contributed by atoms with E-state index in [0.29, 0.717) is 17.8 Å². The molecule has 3 atom stereocenters. The smallest absolute Gasteiger partial charge is 0.328 e. The molecule has 1 aromatic rings. The van der Waals surface area contributed by atoms with Crippen LogP contribution in [0, 0.1) is 22.6 Å². The van der Waals surface area contributed by atoms with Gasteiger partial charge in [-0.1, -0.05) is 0 Å². The zero-order valence-electron chi connectivity index (χ0n) is 14.7. The zero-order valence-corrected chi connectivity index (χ0v) is 14.7. The van der Waals surface area contributed by atoms with E-state index < -0.39 is 41.2 Å². The number of morpholine rings is 1. The molecule has 140 valence electrons. The fraction of sp³-hybridized carbons (Fsp3) is 0.444. The molecule has 9 heteroatoms. The molecular formula is C18H17FN4O4. The fourth-order valence-corrected chi connectivity index (χ4v) is 4.54. The molecule has 0 aromatic heterocycles. The highest BCUT2D eigenvalue weighted by atomic mass is 19.1. The topological polar surface area (TPSA) is 112 Å². The van der Waals surface area contributed by atoms with Crippen LogP contribution in [0.15, 0.2) is 12.1 Å². The summed E-state index contributed by atoms with van der Waals surface area (Å²) >= 11 is 0. The lowest BCUT2D eigenvalue weighted by molar-refractivity contribution is -0.153. The van der Waals surface area contributed by atoms with Gasteiger partial charge in [0.2, 0.25) is 11.8 Å². The summed E-state index contributed by atoms with van der Waals surface area (Å²) in [6.45, 7) is 3.93. The predicted octanol–water partition coefficient (Wildman–Crippen LogP) is 0.588. The van der Waals surface area contributed by atoms with Gasteiger partial charge >= 0.3 is 6.03 Å². The average molecular weight is 372 g/mol. The van der Waals surface area contributed by atoms with Crippen LogP contribution in [0.3, 0.4) is 0 Å². The Hall–Kier alpha value is -2.99. The number of amides is 4. The van der Waals surface area contributed by atoms with Crippen LogP contribution in [0.25, 0.3) is 0 Å². The van der Waals surface area contributed by atoms with Crippen LogP contribution in [-0.2, 0) is 20.7 Å². The normalized spacial score (nSPS) is 28.7. The highest BCUT2D eigenvalue weighted by Gasteiger charge is 2.62. The van der Waals surface area contributed by atoms with Gasteiger partial charge in [-0.15, -0.1) is 0 Å². The van der Waals surface area contributed by atoms with Crippen molar-refractivity contribution in [2.24, 2.45) is 5.41 Å². The number of halogens is 1. The molecule has 1 spiro atoms. The number of nitriles is 1. The fourth-order valence-electron chi connectivity index (χ4n) is 4.54. The quantitative estimate of drug-likeness (QED) is 0.645. The van der Waals surface area contributed by atoms with Gasteiger partial charge in [0, 0.05) is 12.2 Å². The molecule has 0 aliphatic carbocycles. The first-order valence-electron chi connectivity index (χ1n) is 8.59. The standard InChI is InChI=1S/C18H17FN4O4/c1-8-7-23-13-4-12(19)11(6-20)3-10(13)5-18(14(23)9(2)27-8)15(24)21-17(26)22-16(18)25/h3-4,8-9,14H,5,7H2,1-2H3,(H2,21,22,24,25,26)/t8-,9+,14-/m1/s1. The number of carbonyl (C=O) groups excluding carboxylic acids is 3. The molecule has 2 N–H and O–H groups in total. The summed E-state index contributed by atoms with van der Waals surface area (Å²) in [5.41, 5.74) is -0.749. The first-order chi connectivity index (χ1) is 12.8. The van der Waals surface area contributed by atoms with Gasteiger partial charge in [0.15, 0.2) is 5.41 Å². The number of nitrogens with zero attached hydrogens (tertiary/aromatic N) is 2. The van der Waals surface area contributed by atoms with Gasteiger partial charge in [-0.3, -0.25) is 20.2 Å². The molecule has 3 heterocycles. The SMILES string of the molecule is C[C@@H]1CN2c3cc(F)c(C#N)cc3CC3(C(=O)NC(=O)NC3=O)[C@H]2[C@H](C)O1. The van der Waals surface area contributed by atoms with Gasteiger partial charge < -0.3 is 9.64 Å². The highest BCUT2D eigenvalue weighted by molar-refractivity contribution is 6.20. The van der Waals surface area contributed by atoms with Crippen molar-refractivity contribution in [3.63, 3.8) is 0 Å². The van der Waals surface area contributed by atoms with Gasteiger partial charge in [0.1, 0.15) is 11.9 Å². The Balaban J connectivity index is 1.95. The summed E-state index contributed by atoms with van der Waals surface area (Å²) < 4.78 is 20.1. The van der Waals surface area contributed by atoms with Crippen LogP contribution < -0.4 is 15.5 Å². The third-order valence-corrected chi connectivity index (χ3v) is 5.52. The molecule has 0 unspecified atom stereocenters. The highest BCUT2D eigenvalue weighted by Crippen LogP contribution is 2.47. The van der Waals surface area contributed by atoms with E-state index >= 15 is 0 Å². The van der Waals surface area contributed by atoms with Gasteiger partial charge in [-0.25, -0.2) is 9.18 Å². The maximum absolute atomic E-state index is 14.3. The summed E-state index contributed by atoms with van der Waals surface area (Å²) in [5.74, 6) is -2.10. The Kier molecular flexibility index (Phi) is 3.71. The van der Waals surface area contributed by atoms with Gasteiger partial charge in [-0.2, -0.15) is 5.26 Å². The minimum absolute atomic E-state index is 0.0640. The number of urea groups is 1. The van der Waals surface area contributed by atoms with Gasteiger partial charge in [0.05, 0.1) is 23.8 Å². The van der Waals surface area contributed by atoms with E-state index in [1.165, 1.54) is 12.1 Å². The van der Waals surface area contributed by atoms with Crippen molar-refractivity contribution in [2.45, 2.75) is 38.5 Å². The predicted molar refractivity (Wildman–Crippen MR) is 90.1 cm³/mol. The second kappa shape index (κ2) is 5.76. The first-order valence-corrected chi connectivity index (χ1v) is 8.59. The summed E-state index contributed by atoms with van der Waals surface area (Å²) in [6, 6.07) is 2.82. The Morgan fingerprint density at radius 1 is 1.26 bits per heavy atom. The number of anilines is 1. The van der Waals surface area contributed by atoms with E-state index in [9.17, 15) is 18.8 Å². The number of benzene rings is 1. The number of hydrogen-bond acceptors (Lipinski definition) is 6. The minimum atomic E-state index is -1.62. The molecular weight excluding hydrogens is 355 g/mol. The lowest BCUT2D eigenvalue weighted by Gasteiger charge is -2.55. The Morgan fingerprint density at radius 2 is 1.93 bits per heavy atom. The van der Waals surface area contributed by atoms with Crippen molar-refractivity contribution in [1.82, 2.24) is 10.6 Å². The van der Waals surface area contributed by atoms with Crippen molar-refractivity contribution < 1.29 is 23.5 Å². The second-order valence-electron chi connectivity index (χ2n) is 7.21. The van der Waals surface area contributed by atoms with E-state index in [2.05, 4.69) is 10.6 Å². The van der Waals surface area contributed by atoms with E-state index in [-0.39, 0.29) is 18.1 Å². The second-order valence-corrected chi connectivity index (χ2v) is 7.21. The first kappa shape index (κ1) is 17.4. The number of imide groups is 2. The number of nitrogens with one attached hydrogen (secondary N) is 2. The summed E-state index contributed by atoms with van der Waals surface area (Å²) in [6.07, 6.45) is -0.800. The molecule has 1 aromatic carbocycles. The molecule has 8 nitrogen and oxygen atoms in total. The summed E-state index contributed by atoms with van der Waals surface area (Å²) in [7, 11) is 0. The number of barbiturate groups is 1. The molecule has 0 saturated carbocycles. The monoisotopic (exact) mass is 372 g/mol. The molecule has 3 aliphatic heterocycles. The van der Waals surface area contributed by atoms with Crippen molar-refractivity contribution in [1.29, 1.82) is 5.26 Å². The number of rotatable bonds is 0. The van der Waals surface area contributed by atoms with Crippen molar-refractivity contribution in [2.75, 3.05) is 11.4 Å². The Bertz CT molecular complexity index is 905. The van der Waals surface area contributed by atoms with E-state index in [4.69, 9.17) is 10.00 Å². The van der Waals surface area contributed by atoms with E-state index in [1.807, 2.05) is 6.92 Å². The largest absolute Gasteiger partial charge is 0.372 e. The number of fused-ring (bicyclic) bond motifs is 4. The van der Waals surface area contributed by atoms with E-state index in [0.717, 1.165) is 0 Å². The third-order valence-electron chi connectivity index (χ3n) is 5.52. The molecule has 27 heavy (non-hydrogen) atoms. The maximum Gasteiger partial charge on any atom is 0.328 e. The molecule has 0 bridgehead atoms. The lowest BCUT2D eigenvalue weighted by atomic mass is 9.66. The van der Waals surface area contributed by atoms with Crippen molar-refractivity contribution in [3.05, 3.63) is 29.1 Å². The zero-order chi connectivity index (χ0) is 19.5. The Labute approximate surface area is 154 Å². The summed E-state index contributed by atoms with van der Waals surface area (Å²) in [4.78, 5) is 39.2. The molecule has 0 radical (unpaired) electrons. The third kappa shape index (κ3) is 2.33. The molecule has 2 saturated heterocycles.